The van der Waals surface area contributed by atoms with Crippen molar-refractivity contribution < 1.29 is 9.53 Å². The predicted octanol–water partition coefficient (Wildman–Crippen LogP) is 3.65. The average Bonchev–Trinajstić information content (AvgIpc) is 2.36. The number of hydrogen-bond donors (Lipinski definition) is 0. The first kappa shape index (κ1) is 12.3. The van der Waals surface area contributed by atoms with Gasteiger partial charge in [0.25, 0.3) is 0 Å². The minimum absolute atomic E-state index is 0.378. The highest BCUT2D eigenvalue weighted by Gasteiger charge is 2.18. The summed E-state index contributed by atoms with van der Waals surface area (Å²) in [5, 5.41) is 0.876. The molecule has 1 aromatic carbocycles. The molecule has 1 atom stereocenters. The van der Waals surface area contributed by atoms with Crippen molar-refractivity contribution in [3.8, 4) is 0 Å². The van der Waals surface area contributed by atoms with E-state index in [9.17, 15) is 4.79 Å². The number of pyridine rings is 1. The molecule has 0 fully saturated rings. The van der Waals surface area contributed by atoms with Crippen LogP contribution >= 0.6 is 27.5 Å². The standard InChI is InChI=1S/C12H9BrClNO2/c1-17-12(16)8-6-7-4-2-3-5-9(7)15-10(8)11(13)14/h2-6,11H,1H3. The first-order valence-corrected chi connectivity index (χ1v) is 6.25. The lowest BCUT2D eigenvalue weighted by molar-refractivity contribution is 0.0599. The fourth-order valence-electron chi connectivity index (χ4n) is 1.57. The van der Waals surface area contributed by atoms with Crippen molar-refractivity contribution in [2.75, 3.05) is 7.11 Å². The van der Waals surface area contributed by atoms with Crippen molar-refractivity contribution in [1.82, 2.24) is 4.98 Å². The van der Waals surface area contributed by atoms with E-state index in [0.29, 0.717) is 11.3 Å². The molecule has 0 N–H and O–H groups in total. The van der Waals surface area contributed by atoms with E-state index in [1.807, 2.05) is 24.3 Å². The van der Waals surface area contributed by atoms with Crippen molar-refractivity contribution in [3.63, 3.8) is 0 Å². The van der Waals surface area contributed by atoms with Gasteiger partial charge in [0, 0.05) is 5.39 Å². The van der Waals surface area contributed by atoms with Crippen LogP contribution < -0.4 is 0 Å². The van der Waals surface area contributed by atoms with Gasteiger partial charge in [-0.05, 0) is 12.1 Å². The molecule has 1 unspecified atom stereocenters. The molecule has 0 bridgehead atoms. The van der Waals surface area contributed by atoms with Crippen molar-refractivity contribution in [2.24, 2.45) is 0 Å². The van der Waals surface area contributed by atoms with Gasteiger partial charge in [0.05, 0.1) is 23.9 Å². The molecule has 17 heavy (non-hydrogen) atoms. The largest absolute Gasteiger partial charge is 0.465 e. The van der Waals surface area contributed by atoms with Gasteiger partial charge >= 0.3 is 5.97 Å². The highest BCUT2D eigenvalue weighted by atomic mass is 79.9. The van der Waals surface area contributed by atoms with Gasteiger partial charge in [-0.2, -0.15) is 0 Å². The van der Waals surface area contributed by atoms with Crippen LogP contribution in [-0.2, 0) is 4.74 Å². The molecular weight excluding hydrogens is 305 g/mol. The number of rotatable bonds is 2. The van der Waals surface area contributed by atoms with E-state index in [4.69, 9.17) is 16.3 Å². The van der Waals surface area contributed by atoms with E-state index in [0.717, 1.165) is 10.9 Å². The maximum Gasteiger partial charge on any atom is 0.339 e. The number of fused-ring (bicyclic) bond motifs is 1. The number of para-hydroxylation sites is 1. The SMILES string of the molecule is COC(=O)c1cc2ccccc2nc1C(Cl)Br. The Morgan fingerprint density at radius 1 is 1.47 bits per heavy atom. The van der Waals surface area contributed by atoms with E-state index >= 15 is 0 Å². The lowest BCUT2D eigenvalue weighted by atomic mass is 10.1. The second-order valence-electron chi connectivity index (χ2n) is 3.41. The molecule has 0 aliphatic rings. The lowest BCUT2D eigenvalue weighted by Gasteiger charge is -2.09. The van der Waals surface area contributed by atoms with Crippen LogP contribution in [0.3, 0.4) is 0 Å². The molecule has 5 heteroatoms. The first-order valence-electron chi connectivity index (χ1n) is 4.89. The lowest BCUT2D eigenvalue weighted by Crippen LogP contribution is -2.07. The molecule has 0 spiro atoms. The molecule has 2 aromatic rings. The summed E-state index contributed by atoms with van der Waals surface area (Å²) >= 11 is 9.17. The summed E-state index contributed by atoms with van der Waals surface area (Å²) in [6.45, 7) is 0. The Kier molecular flexibility index (Phi) is 3.64. The minimum Gasteiger partial charge on any atom is -0.465 e. The Balaban J connectivity index is 2.70. The maximum atomic E-state index is 11.6. The quantitative estimate of drug-likeness (QED) is 0.627. The number of nitrogens with zero attached hydrogens (tertiary/aromatic N) is 1. The van der Waals surface area contributed by atoms with E-state index < -0.39 is 10.3 Å². The number of ether oxygens (including phenoxy) is 1. The number of benzene rings is 1. The molecule has 0 aliphatic carbocycles. The third kappa shape index (κ3) is 2.42. The van der Waals surface area contributed by atoms with E-state index in [1.165, 1.54) is 7.11 Å². The van der Waals surface area contributed by atoms with Gasteiger partial charge < -0.3 is 4.74 Å². The van der Waals surface area contributed by atoms with Crippen LogP contribution in [0.15, 0.2) is 30.3 Å². The van der Waals surface area contributed by atoms with Crippen LogP contribution in [-0.4, -0.2) is 18.1 Å². The first-order chi connectivity index (χ1) is 8.13. The van der Waals surface area contributed by atoms with Crippen LogP contribution in [0.4, 0.5) is 0 Å². The van der Waals surface area contributed by atoms with Crippen LogP contribution in [0.1, 0.15) is 20.3 Å². The predicted molar refractivity (Wildman–Crippen MR) is 70.6 cm³/mol. The number of halogens is 2. The zero-order valence-electron chi connectivity index (χ0n) is 8.98. The summed E-state index contributed by atoms with van der Waals surface area (Å²) in [7, 11) is 1.33. The molecule has 1 aromatic heterocycles. The van der Waals surface area contributed by atoms with Gasteiger partial charge in [-0.25, -0.2) is 9.78 Å². The second-order valence-corrected chi connectivity index (χ2v) is 5.29. The second kappa shape index (κ2) is 5.02. The zero-order chi connectivity index (χ0) is 12.4. The number of carbonyl (C=O) groups excluding carboxylic acids is 1. The normalized spacial score (nSPS) is 12.4. The van der Waals surface area contributed by atoms with Crippen molar-refractivity contribution in [2.45, 2.75) is 4.29 Å². The number of alkyl halides is 2. The average molecular weight is 315 g/mol. The molecule has 0 aliphatic heterocycles. The van der Waals surface area contributed by atoms with Gasteiger partial charge in [-0.3, -0.25) is 0 Å². The van der Waals surface area contributed by atoms with Gasteiger partial charge in [-0.1, -0.05) is 34.1 Å². The molecule has 1 heterocycles. The summed E-state index contributed by atoms with van der Waals surface area (Å²) in [5.74, 6) is -0.441. The smallest absolute Gasteiger partial charge is 0.339 e. The highest BCUT2D eigenvalue weighted by Crippen LogP contribution is 2.30. The third-order valence-electron chi connectivity index (χ3n) is 2.37. The minimum atomic E-state index is -0.527. The summed E-state index contributed by atoms with van der Waals surface area (Å²) in [6, 6.07) is 9.26. The number of aromatic nitrogens is 1. The van der Waals surface area contributed by atoms with Gasteiger partial charge in [0.2, 0.25) is 0 Å². The topological polar surface area (TPSA) is 39.2 Å². The van der Waals surface area contributed by atoms with E-state index in [2.05, 4.69) is 20.9 Å². The van der Waals surface area contributed by atoms with Gasteiger partial charge in [0.1, 0.15) is 4.29 Å². The molecular formula is C12H9BrClNO2. The molecule has 2 rings (SSSR count). The van der Waals surface area contributed by atoms with Crippen molar-refractivity contribution in [1.29, 1.82) is 0 Å². The van der Waals surface area contributed by atoms with Crippen LogP contribution in [0.2, 0.25) is 0 Å². The number of esters is 1. The third-order valence-corrected chi connectivity index (χ3v) is 3.01. The molecule has 0 amide bonds. The Morgan fingerprint density at radius 3 is 2.82 bits per heavy atom. The summed E-state index contributed by atoms with van der Waals surface area (Å²) in [5.41, 5.74) is 1.64. The number of methoxy groups -OCH3 is 1. The fraction of sp³-hybridized carbons (Fsp3) is 0.167. The van der Waals surface area contributed by atoms with Gasteiger partial charge in [-0.15, -0.1) is 11.6 Å². The molecule has 88 valence electrons. The monoisotopic (exact) mass is 313 g/mol. The Bertz CT molecular complexity index is 571. The summed E-state index contributed by atoms with van der Waals surface area (Å²) in [6.07, 6.45) is 0. The Hall–Kier alpha value is -1.13. The molecule has 0 saturated carbocycles. The number of carbonyl (C=O) groups is 1. The van der Waals surface area contributed by atoms with E-state index in [-0.39, 0.29) is 0 Å². The van der Waals surface area contributed by atoms with Crippen LogP contribution in [0.25, 0.3) is 10.9 Å². The fourth-order valence-corrected chi connectivity index (χ4v) is 2.09. The van der Waals surface area contributed by atoms with Crippen molar-refractivity contribution in [3.05, 3.63) is 41.6 Å². The molecule has 0 radical (unpaired) electrons. The summed E-state index contributed by atoms with van der Waals surface area (Å²) in [4.78, 5) is 16.0. The van der Waals surface area contributed by atoms with Crippen LogP contribution in [0.5, 0.6) is 0 Å². The van der Waals surface area contributed by atoms with Crippen LogP contribution in [0, 0.1) is 0 Å². The molecule has 0 saturated heterocycles. The maximum absolute atomic E-state index is 11.6. The highest BCUT2D eigenvalue weighted by molar-refractivity contribution is 9.09. The number of hydrogen-bond acceptors (Lipinski definition) is 3. The summed E-state index contributed by atoms with van der Waals surface area (Å²) < 4.78 is 4.19. The molecule has 3 nitrogen and oxygen atoms in total. The van der Waals surface area contributed by atoms with Gasteiger partial charge in [0.15, 0.2) is 0 Å². The van der Waals surface area contributed by atoms with Crippen molar-refractivity contribution >= 4 is 44.4 Å². The Morgan fingerprint density at radius 2 is 2.18 bits per heavy atom. The zero-order valence-corrected chi connectivity index (χ0v) is 11.3. The Labute approximate surface area is 112 Å². The van der Waals surface area contributed by atoms with E-state index in [1.54, 1.807) is 6.07 Å².